The summed E-state index contributed by atoms with van der Waals surface area (Å²) in [7, 11) is 1.84. The Kier molecular flexibility index (Phi) is 3.78. The summed E-state index contributed by atoms with van der Waals surface area (Å²) in [6, 6.07) is 1.81. The van der Waals surface area contributed by atoms with Gasteiger partial charge in [0.05, 0.1) is 0 Å². The molecule has 5 heteroatoms. The quantitative estimate of drug-likeness (QED) is 0.801. The molecule has 0 saturated carbocycles. The molecule has 17 heavy (non-hydrogen) atoms. The predicted molar refractivity (Wildman–Crippen MR) is 65.9 cm³/mol. The van der Waals surface area contributed by atoms with E-state index in [1.807, 2.05) is 20.0 Å². The summed E-state index contributed by atoms with van der Waals surface area (Å²) in [5.41, 5.74) is 1.50. The summed E-state index contributed by atoms with van der Waals surface area (Å²) in [6.45, 7) is 4.78. The smallest absolute Gasteiger partial charge is 0.271 e. The number of rotatable bonds is 3. The molecule has 1 unspecified atom stereocenters. The van der Waals surface area contributed by atoms with Gasteiger partial charge in [-0.3, -0.25) is 9.48 Å². The summed E-state index contributed by atoms with van der Waals surface area (Å²) in [5, 5.41) is 10.5. The summed E-state index contributed by atoms with van der Waals surface area (Å²) in [6.07, 6.45) is 2.39. The fourth-order valence-corrected chi connectivity index (χ4v) is 2.10. The van der Waals surface area contributed by atoms with Gasteiger partial charge in [-0.25, -0.2) is 0 Å². The van der Waals surface area contributed by atoms with Crippen molar-refractivity contribution < 1.29 is 4.79 Å². The summed E-state index contributed by atoms with van der Waals surface area (Å²) in [5.74, 6) is 0.483. The molecule has 0 aliphatic carbocycles. The van der Waals surface area contributed by atoms with Crippen LogP contribution in [-0.4, -0.2) is 35.3 Å². The van der Waals surface area contributed by atoms with Gasteiger partial charge in [0, 0.05) is 19.3 Å². The molecule has 1 atom stereocenters. The Balaban J connectivity index is 1.84. The number of carbonyl (C=O) groups is 1. The van der Waals surface area contributed by atoms with Crippen molar-refractivity contribution in [3.63, 3.8) is 0 Å². The number of hydrogen-bond donors (Lipinski definition) is 2. The molecular formula is C12H20N4O. The van der Waals surface area contributed by atoms with Gasteiger partial charge in [-0.05, 0) is 44.8 Å². The summed E-state index contributed by atoms with van der Waals surface area (Å²) in [4.78, 5) is 11.8. The van der Waals surface area contributed by atoms with Crippen molar-refractivity contribution in [1.82, 2.24) is 20.4 Å². The fraction of sp³-hybridized carbons (Fsp3) is 0.667. The van der Waals surface area contributed by atoms with Crippen LogP contribution in [0, 0.1) is 12.8 Å². The van der Waals surface area contributed by atoms with E-state index in [9.17, 15) is 4.79 Å². The molecule has 1 saturated heterocycles. The van der Waals surface area contributed by atoms with E-state index in [-0.39, 0.29) is 5.91 Å². The number of piperidine rings is 1. The second-order valence-electron chi connectivity index (χ2n) is 4.72. The Bertz CT molecular complexity index is 374. The lowest BCUT2D eigenvalue weighted by atomic mass is 10.00. The van der Waals surface area contributed by atoms with Crippen LogP contribution in [-0.2, 0) is 7.05 Å². The van der Waals surface area contributed by atoms with Crippen LogP contribution in [0.15, 0.2) is 6.07 Å². The van der Waals surface area contributed by atoms with E-state index >= 15 is 0 Å². The minimum Gasteiger partial charge on any atom is -0.350 e. The van der Waals surface area contributed by atoms with Gasteiger partial charge in [0.25, 0.3) is 5.91 Å². The van der Waals surface area contributed by atoms with Crippen LogP contribution in [0.4, 0.5) is 0 Å². The average molecular weight is 236 g/mol. The van der Waals surface area contributed by atoms with E-state index < -0.39 is 0 Å². The van der Waals surface area contributed by atoms with Gasteiger partial charge < -0.3 is 10.6 Å². The van der Waals surface area contributed by atoms with E-state index in [0.29, 0.717) is 11.6 Å². The lowest BCUT2D eigenvalue weighted by molar-refractivity contribution is 0.0939. The Labute approximate surface area is 102 Å². The van der Waals surface area contributed by atoms with Gasteiger partial charge in [0.15, 0.2) is 0 Å². The SMILES string of the molecule is Cc1cc(C(=O)NCC2CCCNC2)nn1C. The molecule has 1 aliphatic heterocycles. The molecule has 2 N–H and O–H groups in total. The number of carbonyl (C=O) groups excluding carboxylic acids is 1. The van der Waals surface area contributed by atoms with Crippen molar-refractivity contribution in [1.29, 1.82) is 0 Å². The third kappa shape index (κ3) is 3.06. The van der Waals surface area contributed by atoms with E-state index in [1.54, 1.807) is 4.68 Å². The van der Waals surface area contributed by atoms with Crippen molar-refractivity contribution in [3.05, 3.63) is 17.5 Å². The first-order valence-electron chi connectivity index (χ1n) is 6.16. The number of hydrogen-bond acceptors (Lipinski definition) is 3. The first-order chi connectivity index (χ1) is 8.16. The molecule has 0 bridgehead atoms. The molecule has 1 aromatic heterocycles. The second-order valence-corrected chi connectivity index (χ2v) is 4.72. The highest BCUT2D eigenvalue weighted by atomic mass is 16.1. The van der Waals surface area contributed by atoms with Crippen LogP contribution >= 0.6 is 0 Å². The van der Waals surface area contributed by atoms with Crippen LogP contribution in [0.1, 0.15) is 29.0 Å². The van der Waals surface area contributed by atoms with Gasteiger partial charge in [-0.15, -0.1) is 0 Å². The van der Waals surface area contributed by atoms with Gasteiger partial charge in [0.1, 0.15) is 5.69 Å². The Hall–Kier alpha value is -1.36. The topological polar surface area (TPSA) is 59.0 Å². The lowest BCUT2D eigenvalue weighted by Gasteiger charge is -2.22. The third-order valence-corrected chi connectivity index (χ3v) is 3.30. The Morgan fingerprint density at radius 2 is 2.53 bits per heavy atom. The normalized spacial score (nSPS) is 20.2. The molecular weight excluding hydrogens is 216 g/mol. The molecule has 0 radical (unpaired) electrons. The number of aryl methyl sites for hydroxylation is 2. The predicted octanol–water partition coefficient (Wildman–Crippen LogP) is 0.458. The number of nitrogens with one attached hydrogen (secondary N) is 2. The van der Waals surface area contributed by atoms with Crippen molar-refractivity contribution >= 4 is 5.91 Å². The van der Waals surface area contributed by atoms with Crippen LogP contribution < -0.4 is 10.6 Å². The molecule has 1 aliphatic rings. The minimum atomic E-state index is -0.0701. The molecule has 94 valence electrons. The fourth-order valence-electron chi connectivity index (χ4n) is 2.10. The maximum Gasteiger partial charge on any atom is 0.271 e. The van der Waals surface area contributed by atoms with Crippen molar-refractivity contribution in [2.45, 2.75) is 19.8 Å². The monoisotopic (exact) mass is 236 g/mol. The van der Waals surface area contributed by atoms with E-state index in [2.05, 4.69) is 15.7 Å². The van der Waals surface area contributed by atoms with Crippen LogP contribution in [0.2, 0.25) is 0 Å². The van der Waals surface area contributed by atoms with Gasteiger partial charge in [0.2, 0.25) is 0 Å². The standard InChI is InChI=1S/C12H20N4O/c1-9-6-11(15-16(9)2)12(17)14-8-10-4-3-5-13-7-10/h6,10,13H,3-5,7-8H2,1-2H3,(H,14,17). The molecule has 1 aromatic rings. The summed E-state index contributed by atoms with van der Waals surface area (Å²) < 4.78 is 1.72. The van der Waals surface area contributed by atoms with Crippen molar-refractivity contribution in [2.24, 2.45) is 13.0 Å². The van der Waals surface area contributed by atoms with Crippen LogP contribution in [0.25, 0.3) is 0 Å². The second kappa shape index (κ2) is 5.31. The number of aromatic nitrogens is 2. The largest absolute Gasteiger partial charge is 0.350 e. The number of amides is 1. The highest BCUT2D eigenvalue weighted by Crippen LogP contribution is 2.08. The lowest BCUT2D eigenvalue weighted by Crippen LogP contribution is -2.38. The Morgan fingerprint density at radius 1 is 1.71 bits per heavy atom. The third-order valence-electron chi connectivity index (χ3n) is 3.30. The van der Waals surface area contributed by atoms with E-state index in [4.69, 9.17) is 0 Å². The van der Waals surface area contributed by atoms with Crippen LogP contribution in [0.3, 0.4) is 0 Å². The first-order valence-corrected chi connectivity index (χ1v) is 6.16. The maximum absolute atomic E-state index is 11.8. The maximum atomic E-state index is 11.8. The molecule has 5 nitrogen and oxygen atoms in total. The molecule has 0 aromatic carbocycles. The molecule has 2 rings (SSSR count). The summed E-state index contributed by atoms with van der Waals surface area (Å²) >= 11 is 0. The highest BCUT2D eigenvalue weighted by molar-refractivity contribution is 5.92. The van der Waals surface area contributed by atoms with Crippen molar-refractivity contribution in [2.75, 3.05) is 19.6 Å². The zero-order valence-corrected chi connectivity index (χ0v) is 10.5. The molecule has 1 fully saturated rings. The van der Waals surface area contributed by atoms with Gasteiger partial charge >= 0.3 is 0 Å². The minimum absolute atomic E-state index is 0.0701. The zero-order chi connectivity index (χ0) is 12.3. The van der Waals surface area contributed by atoms with Crippen molar-refractivity contribution in [3.8, 4) is 0 Å². The molecule has 0 spiro atoms. The molecule has 1 amide bonds. The van der Waals surface area contributed by atoms with E-state index in [0.717, 1.165) is 25.3 Å². The zero-order valence-electron chi connectivity index (χ0n) is 10.5. The van der Waals surface area contributed by atoms with Gasteiger partial charge in [-0.2, -0.15) is 5.10 Å². The highest BCUT2D eigenvalue weighted by Gasteiger charge is 2.16. The molecule has 2 heterocycles. The van der Waals surface area contributed by atoms with Crippen LogP contribution in [0.5, 0.6) is 0 Å². The number of nitrogens with zero attached hydrogens (tertiary/aromatic N) is 2. The Morgan fingerprint density at radius 3 is 3.12 bits per heavy atom. The van der Waals surface area contributed by atoms with Gasteiger partial charge in [-0.1, -0.05) is 0 Å². The average Bonchev–Trinajstić information content (AvgIpc) is 2.68. The van der Waals surface area contributed by atoms with E-state index in [1.165, 1.54) is 12.8 Å². The first kappa shape index (κ1) is 12.1.